The number of aryl methyl sites for hydroxylation is 2. The first-order valence-electron chi connectivity index (χ1n) is 4.52. The third kappa shape index (κ3) is 3.23. The van der Waals surface area contributed by atoms with Crippen LogP contribution >= 0.6 is 11.8 Å². The molecular weight excluding hydrogens is 219 g/mol. The van der Waals surface area contributed by atoms with E-state index in [4.69, 9.17) is 0 Å². The number of ether oxygens (including phenoxy) is 1. The first-order valence-corrected chi connectivity index (χ1v) is 5.40. The molecule has 15 heavy (non-hydrogen) atoms. The van der Waals surface area contributed by atoms with Crippen molar-refractivity contribution >= 4 is 17.7 Å². The number of alkyl halides is 1. The van der Waals surface area contributed by atoms with Gasteiger partial charge in [0, 0.05) is 7.05 Å². The molecule has 0 saturated carbocycles. The summed E-state index contributed by atoms with van der Waals surface area (Å²) in [6.07, 6.45) is 0. The van der Waals surface area contributed by atoms with E-state index in [0.717, 1.165) is 17.5 Å². The van der Waals surface area contributed by atoms with Gasteiger partial charge in [-0.1, -0.05) is 11.8 Å². The van der Waals surface area contributed by atoms with E-state index in [2.05, 4.69) is 9.84 Å². The Morgan fingerprint density at radius 3 is 2.93 bits per heavy atom. The highest BCUT2D eigenvalue weighted by Crippen LogP contribution is 2.25. The monoisotopic (exact) mass is 232 g/mol. The lowest BCUT2D eigenvalue weighted by molar-refractivity contribution is -0.145. The van der Waals surface area contributed by atoms with Gasteiger partial charge in [0.2, 0.25) is 5.50 Å². The van der Waals surface area contributed by atoms with E-state index in [1.165, 1.54) is 4.68 Å². The molecule has 4 nitrogen and oxygen atoms in total. The van der Waals surface area contributed by atoms with Gasteiger partial charge < -0.3 is 4.74 Å². The van der Waals surface area contributed by atoms with Gasteiger partial charge in [-0.15, -0.1) is 0 Å². The van der Waals surface area contributed by atoms with Gasteiger partial charge in [0.1, 0.15) is 0 Å². The van der Waals surface area contributed by atoms with E-state index in [-0.39, 0.29) is 6.61 Å². The first kappa shape index (κ1) is 12.0. The Hall–Kier alpha value is -1.04. The molecule has 0 fully saturated rings. The molecule has 0 aliphatic heterocycles. The smallest absolute Gasteiger partial charge is 0.351 e. The normalized spacial score (nSPS) is 12.5. The van der Waals surface area contributed by atoms with Gasteiger partial charge in [0.15, 0.2) is 0 Å². The number of rotatable bonds is 4. The van der Waals surface area contributed by atoms with Gasteiger partial charge in [-0.05, 0) is 19.9 Å². The molecular formula is C9H13FN2O2S. The quantitative estimate of drug-likeness (QED) is 0.585. The van der Waals surface area contributed by atoms with Crippen LogP contribution in [0.5, 0.6) is 0 Å². The van der Waals surface area contributed by atoms with Crippen molar-refractivity contribution in [2.45, 2.75) is 24.4 Å². The molecule has 0 aromatic carbocycles. The minimum atomic E-state index is -1.69. The van der Waals surface area contributed by atoms with Crippen LogP contribution in [0.2, 0.25) is 0 Å². The SMILES string of the molecule is CCOC(=O)C(F)Sc1cc(C)nn1C. The minimum absolute atomic E-state index is 0.185. The summed E-state index contributed by atoms with van der Waals surface area (Å²) in [5.74, 6) is -0.846. The van der Waals surface area contributed by atoms with Crippen LogP contribution in [0.1, 0.15) is 12.6 Å². The Morgan fingerprint density at radius 1 is 1.80 bits per heavy atom. The van der Waals surface area contributed by atoms with Gasteiger partial charge in [0.25, 0.3) is 0 Å². The van der Waals surface area contributed by atoms with Crippen molar-refractivity contribution in [1.29, 1.82) is 0 Å². The lowest BCUT2D eigenvalue weighted by Crippen LogP contribution is -2.15. The molecule has 6 heteroatoms. The molecule has 1 aromatic rings. The number of hydrogen-bond acceptors (Lipinski definition) is 4. The van der Waals surface area contributed by atoms with E-state index >= 15 is 0 Å². The molecule has 0 aliphatic rings. The molecule has 1 aromatic heterocycles. The second kappa shape index (κ2) is 5.16. The average Bonchev–Trinajstić information content (AvgIpc) is 2.45. The zero-order valence-electron chi connectivity index (χ0n) is 8.86. The van der Waals surface area contributed by atoms with E-state index in [1.54, 1.807) is 20.0 Å². The molecule has 0 aliphatic carbocycles. The predicted octanol–water partition coefficient (Wildman–Crippen LogP) is 1.68. The molecule has 0 amide bonds. The van der Waals surface area contributed by atoms with Crippen LogP contribution in [0.15, 0.2) is 11.1 Å². The van der Waals surface area contributed by atoms with Crippen LogP contribution in [0.25, 0.3) is 0 Å². The summed E-state index contributed by atoms with van der Waals surface area (Å²) >= 11 is 0.798. The van der Waals surface area contributed by atoms with Gasteiger partial charge in [0.05, 0.1) is 17.3 Å². The Bertz CT molecular complexity index is 354. The zero-order valence-corrected chi connectivity index (χ0v) is 9.68. The highest BCUT2D eigenvalue weighted by atomic mass is 32.2. The van der Waals surface area contributed by atoms with Gasteiger partial charge in [-0.3, -0.25) is 4.68 Å². The van der Waals surface area contributed by atoms with Crippen LogP contribution < -0.4 is 0 Å². The van der Waals surface area contributed by atoms with E-state index in [1.807, 2.05) is 6.92 Å². The maximum absolute atomic E-state index is 13.3. The summed E-state index contributed by atoms with van der Waals surface area (Å²) in [6, 6.07) is 1.72. The molecule has 0 N–H and O–H groups in total. The summed E-state index contributed by atoms with van der Waals surface area (Å²) in [4.78, 5) is 11.0. The summed E-state index contributed by atoms with van der Waals surface area (Å²) in [5.41, 5.74) is -0.907. The number of carbonyl (C=O) groups is 1. The van der Waals surface area contributed by atoms with Crippen molar-refractivity contribution in [2.75, 3.05) is 6.61 Å². The highest BCUT2D eigenvalue weighted by Gasteiger charge is 2.21. The molecule has 0 saturated heterocycles. The minimum Gasteiger partial charge on any atom is -0.463 e. The zero-order chi connectivity index (χ0) is 11.4. The maximum atomic E-state index is 13.3. The molecule has 0 bridgehead atoms. The Balaban J connectivity index is 2.61. The number of thioether (sulfide) groups is 1. The fourth-order valence-corrected chi connectivity index (χ4v) is 1.87. The summed E-state index contributed by atoms with van der Waals surface area (Å²) in [7, 11) is 1.70. The largest absolute Gasteiger partial charge is 0.463 e. The maximum Gasteiger partial charge on any atom is 0.351 e. The van der Waals surface area contributed by atoms with Crippen LogP contribution in [0.3, 0.4) is 0 Å². The van der Waals surface area contributed by atoms with Crippen molar-refractivity contribution in [3.05, 3.63) is 11.8 Å². The van der Waals surface area contributed by atoms with Crippen molar-refractivity contribution < 1.29 is 13.9 Å². The number of halogens is 1. The Labute approximate surface area is 91.8 Å². The fourth-order valence-electron chi connectivity index (χ4n) is 1.06. The average molecular weight is 232 g/mol. The number of esters is 1. The summed E-state index contributed by atoms with van der Waals surface area (Å²) < 4.78 is 19.4. The fraction of sp³-hybridized carbons (Fsp3) is 0.556. The van der Waals surface area contributed by atoms with Crippen LogP contribution in [-0.4, -0.2) is 27.9 Å². The number of hydrogen-bond donors (Lipinski definition) is 0. The second-order valence-corrected chi connectivity index (χ2v) is 4.00. The lowest BCUT2D eigenvalue weighted by atomic mass is 10.5. The highest BCUT2D eigenvalue weighted by molar-refractivity contribution is 8.00. The topological polar surface area (TPSA) is 44.1 Å². The summed E-state index contributed by atoms with van der Waals surface area (Å²) in [5, 5.41) is 4.65. The molecule has 1 atom stereocenters. The van der Waals surface area contributed by atoms with E-state index in [9.17, 15) is 9.18 Å². The summed E-state index contributed by atoms with van der Waals surface area (Å²) in [6.45, 7) is 3.63. The van der Waals surface area contributed by atoms with Crippen LogP contribution in [0, 0.1) is 6.92 Å². The molecule has 84 valence electrons. The second-order valence-electron chi connectivity index (χ2n) is 2.93. The standard InChI is InChI=1S/C9H13FN2O2S/c1-4-14-9(13)8(10)15-7-5-6(2)11-12(7)3/h5,8H,4H2,1-3H3. The predicted molar refractivity (Wildman–Crippen MR) is 55.3 cm³/mol. The lowest BCUT2D eigenvalue weighted by Gasteiger charge is -2.06. The Kier molecular flexibility index (Phi) is 4.14. The van der Waals surface area contributed by atoms with Crippen LogP contribution in [-0.2, 0) is 16.6 Å². The number of aromatic nitrogens is 2. The third-order valence-corrected chi connectivity index (χ3v) is 2.68. The van der Waals surface area contributed by atoms with E-state index < -0.39 is 11.5 Å². The first-order chi connectivity index (χ1) is 7.04. The van der Waals surface area contributed by atoms with Gasteiger partial charge >= 0.3 is 5.97 Å². The molecule has 0 spiro atoms. The third-order valence-electron chi connectivity index (χ3n) is 1.66. The van der Waals surface area contributed by atoms with Crippen LogP contribution in [0.4, 0.5) is 4.39 Å². The molecule has 0 radical (unpaired) electrons. The van der Waals surface area contributed by atoms with Crippen molar-refractivity contribution in [3.63, 3.8) is 0 Å². The van der Waals surface area contributed by atoms with Crippen molar-refractivity contribution in [1.82, 2.24) is 9.78 Å². The van der Waals surface area contributed by atoms with E-state index in [0.29, 0.717) is 5.03 Å². The molecule has 1 heterocycles. The number of carbonyl (C=O) groups excluding carboxylic acids is 1. The Morgan fingerprint density at radius 2 is 2.47 bits per heavy atom. The van der Waals surface area contributed by atoms with Gasteiger partial charge in [-0.25, -0.2) is 9.18 Å². The number of nitrogens with zero attached hydrogens (tertiary/aromatic N) is 2. The van der Waals surface area contributed by atoms with Crippen molar-refractivity contribution in [3.8, 4) is 0 Å². The molecule has 1 unspecified atom stereocenters. The molecule has 1 rings (SSSR count). The van der Waals surface area contributed by atoms with Gasteiger partial charge in [-0.2, -0.15) is 5.10 Å². The van der Waals surface area contributed by atoms with Crippen molar-refractivity contribution in [2.24, 2.45) is 7.05 Å².